The Balaban J connectivity index is 1.59. The van der Waals surface area contributed by atoms with Gasteiger partial charge in [-0.2, -0.15) is 0 Å². The maximum Gasteiger partial charge on any atom is 0.306 e. The van der Waals surface area contributed by atoms with Crippen molar-refractivity contribution < 1.29 is 9.53 Å². The molecule has 0 heterocycles. The van der Waals surface area contributed by atoms with Gasteiger partial charge in [-0.1, -0.05) is 60.7 Å². The van der Waals surface area contributed by atoms with E-state index in [9.17, 15) is 4.79 Å². The van der Waals surface area contributed by atoms with Crippen LogP contribution >= 0.6 is 0 Å². The number of ether oxygens (including phenoxy) is 1. The second-order valence-electron chi connectivity index (χ2n) is 4.80. The van der Waals surface area contributed by atoms with Crippen molar-refractivity contribution in [2.75, 3.05) is 6.61 Å². The first-order valence-electron chi connectivity index (χ1n) is 7.08. The first-order chi connectivity index (χ1) is 9.84. The van der Waals surface area contributed by atoms with Gasteiger partial charge >= 0.3 is 5.97 Å². The maximum absolute atomic E-state index is 11.6. The highest BCUT2D eigenvalue weighted by atomic mass is 16.5. The third-order valence-corrected chi connectivity index (χ3v) is 3.18. The molecule has 0 aliphatic rings. The van der Waals surface area contributed by atoms with Crippen LogP contribution in [0, 0.1) is 0 Å². The van der Waals surface area contributed by atoms with Crippen LogP contribution in [0.5, 0.6) is 0 Å². The molecule has 0 amide bonds. The smallest absolute Gasteiger partial charge is 0.306 e. The van der Waals surface area contributed by atoms with E-state index in [0.29, 0.717) is 13.0 Å². The van der Waals surface area contributed by atoms with E-state index in [0.717, 1.165) is 19.3 Å². The predicted molar refractivity (Wildman–Crippen MR) is 80.5 cm³/mol. The zero-order chi connectivity index (χ0) is 14.0. The van der Waals surface area contributed by atoms with Crippen molar-refractivity contribution in [2.24, 2.45) is 0 Å². The van der Waals surface area contributed by atoms with E-state index in [2.05, 4.69) is 12.1 Å². The molecule has 0 unspecified atom stereocenters. The van der Waals surface area contributed by atoms with E-state index in [1.165, 1.54) is 11.1 Å². The molecule has 2 rings (SSSR count). The predicted octanol–water partition coefficient (Wildman–Crippen LogP) is 3.80. The number of carbonyl (C=O) groups is 1. The van der Waals surface area contributed by atoms with E-state index in [1.54, 1.807) is 0 Å². The van der Waals surface area contributed by atoms with Crippen LogP contribution in [-0.2, 0) is 22.4 Å². The van der Waals surface area contributed by atoms with Crippen LogP contribution in [0.3, 0.4) is 0 Å². The third kappa shape index (κ3) is 5.27. The molecular weight excluding hydrogens is 248 g/mol. The Bertz CT molecular complexity index is 505. The molecule has 0 aliphatic carbocycles. The molecule has 0 atom stereocenters. The Labute approximate surface area is 120 Å². The Morgan fingerprint density at radius 3 is 1.95 bits per heavy atom. The standard InChI is InChI=1S/C18H20O2/c19-18(14-13-17-10-5-2-6-11-17)20-15-7-12-16-8-3-1-4-9-16/h1-6,8-11H,7,12-15H2. The Hall–Kier alpha value is -2.09. The number of benzene rings is 2. The summed E-state index contributed by atoms with van der Waals surface area (Å²) in [6.45, 7) is 0.502. The number of rotatable bonds is 7. The van der Waals surface area contributed by atoms with Crippen LogP contribution in [0.15, 0.2) is 60.7 Å². The van der Waals surface area contributed by atoms with Gasteiger partial charge in [0.1, 0.15) is 0 Å². The lowest BCUT2D eigenvalue weighted by Crippen LogP contribution is -2.07. The number of esters is 1. The van der Waals surface area contributed by atoms with Gasteiger partial charge in [-0.3, -0.25) is 4.79 Å². The molecule has 104 valence electrons. The van der Waals surface area contributed by atoms with E-state index < -0.39 is 0 Å². The molecule has 0 radical (unpaired) electrons. The zero-order valence-corrected chi connectivity index (χ0v) is 11.6. The summed E-state index contributed by atoms with van der Waals surface area (Å²) in [5.41, 5.74) is 2.46. The van der Waals surface area contributed by atoms with Gasteiger partial charge in [0.25, 0.3) is 0 Å². The fourth-order valence-corrected chi connectivity index (χ4v) is 2.07. The highest BCUT2D eigenvalue weighted by Gasteiger charge is 2.03. The van der Waals surface area contributed by atoms with Crippen LogP contribution in [0.2, 0.25) is 0 Å². The third-order valence-electron chi connectivity index (χ3n) is 3.18. The molecule has 0 saturated carbocycles. The topological polar surface area (TPSA) is 26.3 Å². The molecule has 0 aromatic heterocycles. The fraction of sp³-hybridized carbons (Fsp3) is 0.278. The van der Waals surface area contributed by atoms with E-state index in [4.69, 9.17) is 4.74 Å². The molecule has 2 aromatic carbocycles. The monoisotopic (exact) mass is 268 g/mol. The lowest BCUT2D eigenvalue weighted by atomic mass is 10.1. The molecule has 0 spiro atoms. The number of aryl methyl sites for hydroxylation is 2. The van der Waals surface area contributed by atoms with Gasteiger partial charge in [0.15, 0.2) is 0 Å². The minimum atomic E-state index is -0.109. The summed E-state index contributed by atoms with van der Waals surface area (Å²) in [5.74, 6) is -0.109. The Kier molecular flexibility index (Phi) is 5.84. The second kappa shape index (κ2) is 8.16. The quantitative estimate of drug-likeness (QED) is 0.564. The fourth-order valence-electron chi connectivity index (χ4n) is 2.07. The van der Waals surface area contributed by atoms with Gasteiger partial charge in [-0.25, -0.2) is 0 Å². The number of carbonyl (C=O) groups excluding carboxylic acids is 1. The second-order valence-corrected chi connectivity index (χ2v) is 4.80. The Morgan fingerprint density at radius 1 is 0.800 bits per heavy atom. The summed E-state index contributed by atoms with van der Waals surface area (Å²) in [7, 11) is 0. The summed E-state index contributed by atoms with van der Waals surface area (Å²) in [6, 6.07) is 20.3. The molecule has 2 heteroatoms. The minimum Gasteiger partial charge on any atom is -0.466 e. The van der Waals surface area contributed by atoms with Crippen molar-refractivity contribution in [1.82, 2.24) is 0 Å². The largest absolute Gasteiger partial charge is 0.466 e. The van der Waals surface area contributed by atoms with Crippen LogP contribution < -0.4 is 0 Å². The van der Waals surface area contributed by atoms with Crippen LogP contribution in [0.25, 0.3) is 0 Å². The lowest BCUT2D eigenvalue weighted by molar-refractivity contribution is -0.143. The van der Waals surface area contributed by atoms with Gasteiger partial charge in [-0.05, 0) is 30.4 Å². The highest BCUT2D eigenvalue weighted by molar-refractivity contribution is 5.69. The van der Waals surface area contributed by atoms with Crippen molar-refractivity contribution >= 4 is 5.97 Å². The SMILES string of the molecule is O=C(CCc1ccccc1)OCCCc1ccccc1. The summed E-state index contributed by atoms with van der Waals surface area (Å²) in [5, 5.41) is 0. The number of hydrogen-bond donors (Lipinski definition) is 0. The van der Waals surface area contributed by atoms with E-state index in [-0.39, 0.29) is 5.97 Å². The minimum absolute atomic E-state index is 0.109. The Morgan fingerprint density at radius 2 is 1.35 bits per heavy atom. The molecular formula is C18H20O2. The van der Waals surface area contributed by atoms with Gasteiger partial charge in [0, 0.05) is 6.42 Å². The van der Waals surface area contributed by atoms with Crippen molar-refractivity contribution in [3.63, 3.8) is 0 Å². The summed E-state index contributed by atoms with van der Waals surface area (Å²) in [4.78, 5) is 11.6. The molecule has 0 aliphatic heterocycles. The molecule has 2 nitrogen and oxygen atoms in total. The van der Waals surface area contributed by atoms with Gasteiger partial charge < -0.3 is 4.74 Å². The highest BCUT2D eigenvalue weighted by Crippen LogP contribution is 2.05. The molecule has 0 bridgehead atoms. The normalized spacial score (nSPS) is 10.2. The van der Waals surface area contributed by atoms with Crippen LogP contribution in [0.4, 0.5) is 0 Å². The van der Waals surface area contributed by atoms with Crippen molar-refractivity contribution in [2.45, 2.75) is 25.7 Å². The summed E-state index contributed by atoms with van der Waals surface area (Å²) < 4.78 is 5.25. The van der Waals surface area contributed by atoms with E-state index in [1.807, 2.05) is 48.5 Å². The average Bonchev–Trinajstić information content (AvgIpc) is 2.52. The molecule has 20 heavy (non-hydrogen) atoms. The first-order valence-corrected chi connectivity index (χ1v) is 7.08. The summed E-state index contributed by atoms with van der Waals surface area (Å²) >= 11 is 0. The van der Waals surface area contributed by atoms with E-state index >= 15 is 0 Å². The van der Waals surface area contributed by atoms with Crippen molar-refractivity contribution in [1.29, 1.82) is 0 Å². The zero-order valence-electron chi connectivity index (χ0n) is 11.6. The van der Waals surface area contributed by atoms with Gasteiger partial charge in [-0.15, -0.1) is 0 Å². The molecule has 0 saturated heterocycles. The molecule has 0 N–H and O–H groups in total. The van der Waals surface area contributed by atoms with Crippen LogP contribution in [0.1, 0.15) is 24.0 Å². The first kappa shape index (κ1) is 14.3. The van der Waals surface area contributed by atoms with Crippen molar-refractivity contribution in [3.8, 4) is 0 Å². The lowest BCUT2D eigenvalue weighted by Gasteiger charge is -2.05. The molecule has 2 aromatic rings. The average molecular weight is 268 g/mol. The van der Waals surface area contributed by atoms with Crippen LogP contribution in [-0.4, -0.2) is 12.6 Å². The van der Waals surface area contributed by atoms with Gasteiger partial charge in [0.2, 0.25) is 0 Å². The van der Waals surface area contributed by atoms with Crippen molar-refractivity contribution in [3.05, 3.63) is 71.8 Å². The number of hydrogen-bond acceptors (Lipinski definition) is 2. The van der Waals surface area contributed by atoms with Gasteiger partial charge in [0.05, 0.1) is 6.61 Å². The maximum atomic E-state index is 11.6. The summed E-state index contributed by atoms with van der Waals surface area (Å²) in [6.07, 6.45) is 3.03. The molecule has 0 fully saturated rings.